The Bertz CT molecular complexity index is 428. The van der Waals surface area contributed by atoms with Gasteiger partial charge in [-0.15, -0.1) is 0 Å². The van der Waals surface area contributed by atoms with Gasteiger partial charge in [0.05, 0.1) is 20.3 Å². The Morgan fingerprint density at radius 3 is 2.61 bits per heavy atom. The predicted octanol–water partition coefficient (Wildman–Crippen LogP) is 1.75. The molecule has 2 rings (SSSR count). The molecule has 0 fully saturated rings. The standard InChI is InChI=1S/C13H18O5/c1-8(14)4-5-9-6-10-12(18-7-17-10)13(16-3)11(9)15-2/h6,8,14H,4-5,7H2,1-3H3. The second kappa shape index (κ2) is 5.35. The molecule has 1 N–H and O–H groups in total. The van der Waals surface area contributed by atoms with Crippen molar-refractivity contribution in [2.45, 2.75) is 25.9 Å². The van der Waals surface area contributed by atoms with Gasteiger partial charge in [-0.1, -0.05) is 0 Å². The van der Waals surface area contributed by atoms with E-state index in [1.807, 2.05) is 6.07 Å². The van der Waals surface area contributed by atoms with Crippen molar-refractivity contribution in [3.8, 4) is 23.0 Å². The van der Waals surface area contributed by atoms with Crippen molar-refractivity contribution in [2.24, 2.45) is 0 Å². The molecular weight excluding hydrogens is 236 g/mol. The molecule has 1 aliphatic rings. The van der Waals surface area contributed by atoms with Gasteiger partial charge in [-0.05, 0) is 25.8 Å². The van der Waals surface area contributed by atoms with Crippen molar-refractivity contribution >= 4 is 0 Å². The third kappa shape index (κ3) is 2.31. The van der Waals surface area contributed by atoms with Crippen LogP contribution >= 0.6 is 0 Å². The van der Waals surface area contributed by atoms with Crippen LogP contribution in [0.15, 0.2) is 6.07 Å². The van der Waals surface area contributed by atoms with Crippen molar-refractivity contribution in [3.63, 3.8) is 0 Å². The molecule has 1 aliphatic heterocycles. The van der Waals surface area contributed by atoms with Crippen molar-refractivity contribution in [2.75, 3.05) is 21.0 Å². The lowest BCUT2D eigenvalue weighted by atomic mass is 10.0. The summed E-state index contributed by atoms with van der Waals surface area (Å²) in [5, 5.41) is 9.37. The quantitative estimate of drug-likeness (QED) is 0.867. The van der Waals surface area contributed by atoms with Gasteiger partial charge in [-0.25, -0.2) is 0 Å². The van der Waals surface area contributed by atoms with E-state index < -0.39 is 0 Å². The van der Waals surface area contributed by atoms with Crippen LogP contribution < -0.4 is 18.9 Å². The molecule has 1 aromatic rings. The van der Waals surface area contributed by atoms with Gasteiger partial charge >= 0.3 is 0 Å². The minimum atomic E-state index is -0.355. The van der Waals surface area contributed by atoms with Crippen LogP contribution in [0, 0.1) is 0 Å². The largest absolute Gasteiger partial charge is 0.492 e. The van der Waals surface area contributed by atoms with Crippen LogP contribution in [0.2, 0.25) is 0 Å². The van der Waals surface area contributed by atoms with Crippen LogP contribution in [0.5, 0.6) is 23.0 Å². The van der Waals surface area contributed by atoms with Gasteiger partial charge in [0.25, 0.3) is 0 Å². The highest BCUT2D eigenvalue weighted by atomic mass is 16.7. The van der Waals surface area contributed by atoms with Gasteiger partial charge in [0.1, 0.15) is 0 Å². The Labute approximate surface area is 106 Å². The van der Waals surface area contributed by atoms with Crippen molar-refractivity contribution in [3.05, 3.63) is 11.6 Å². The molecule has 1 atom stereocenters. The summed E-state index contributed by atoms with van der Waals surface area (Å²) < 4.78 is 21.5. The van der Waals surface area contributed by atoms with E-state index in [1.165, 1.54) is 0 Å². The summed E-state index contributed by atoms with van der Waals surface area (Å²) in [4.78, 5) is 0. The Balaban J connectivity index is 2.39. The fourth-order valence-electron chi connectivity index (χ4n) is 2.01. The SMILES string of the molecule is COc1c(CCC(C)O)cc2c(c1OC)OCO2. The van der Waals surface area contributed by atoms with Crippen LogP contribution in [0.25, 0.3) is 0 Å². The molecule has 18 heavy (non-hydrogen) atoms. The van der Waals surface area contributed by atoms with E-state index >= 15 is 0 Å². The van der Waals surface area contributed by atoms with Gasteiger partial charge in [-0.2, -0.15) is 0 Å². The maximum Gasteiger partial charge on any atom is 0.231 e. The number of hydrogen-bond donors (Lipinski definition) is 1. The monoisotopic (exact) mass is 254 g/mol. The number of rotatable bonds is 5. The van der Waals surface area contributed by atoms with Crippen molar-refractivity contribution in [1.82, 2.24) is 0 Å². The molecule has 5 nitrogen and oxygen atoms in total. The fraction of sp³-hybridized carbons (Fsp3) is 0.538. The van der Waals surface area contributed by atoms with E-state index in [9.17, 15) is 5.11 Å². The first-order valence-corrected chi connectivity index (χ1v) is 5.89. The lowest BCUT2D eigenvalue weighted by Gasteiger charge is -2.15. The molecular formula is C13H18O5. The summed E-state index contributed by atoms with van der Waals surface area (Å²) in [7, 11) is 3.16. The molecule has 5 heteroatoms. The number of ether oxygens (including phenoxy) is 4. The molecule has 0 spiro atoms. The highest BCUT2D eigenvalue weighted by Crippen LogP contribution is 2.49. The first-order chi connectivity index (χ1) is 8.67. The maximum atomic E-state index is 9.37. The Kier molecular flexibility index (Phi) is 3.81. The second-order valence-electron chi connectivity index (χ2n) is 4.22. The Morgan fingerprint density at radius 1 is 1.28 bits per heavy atom. The maximum absolute atomic E-state index is 9.37. The first-order valence-electron chi connectivity index (χ1n) is 5.89. The zero-order valence-electron chi connectivity index (χ0n) is 10.9. The van der Waals surface area contributed by atoms with Crippen LogP contribution in [-0.2, 0) is 6.42 Å². The summed E-state index contributed by atoms with van der Waals surface area (Å²) >= 11 is 0. The average Bonchev–Trinajstić information content (AvgIpc) is 2.81. The van der Waals surface area contributed by atoms with E-state index in [-0.39, 0.29) is 12.9 Å². The molecule has 0 bridgehead atoms. The highest BCUT2D eigenvalue weighted by molar-refractivity contribution is 5.63. The average molecular weight is 254 g/mol. The number of aliphatic hydroxyl groups is 1. The summed E-state index contributed by atoms with van der Waals surface area (Å²) in [6.45, 7) is 1.95. The molecule has 0 amide bonds. The summed E-state index contributed by atoms with van der Waals surface area (Å²) in [5.74, 6) is 2.43. The van der Waals surface area contributed by atoms with Crippen LogP contribution in [0.1, 0.15) is 18.9 Å². The first kappa shape index (κ1) is 12.8. The second-order valence-corrected chi connectivity index (χ2v) is 4.22. The van der Waals surface area contributed by atoms with Crippen LogP contribution in [0.3, 0.4) is 0 Å². The van der Waals surface area contributed by atoms with Gasteiger partial charge in [0.15, 0.2) is 11.5 Å². The van der Waals surface area contributed by atoms with Gasteiger partial charge in [-0.3, -0.25) is 0 Å². The van der Waals surface area contributed by atoms with E-state index in [0.717, 1.165) is 5.56 Å². The lowest BCUT2D eigenvalue weighted by Crippen LogP contribution is -2.03. The van der Waals surface area contributed by atoms with E-state index in [1.54, 1.807) is 21.1 Å². The van der Waals surface area contributed by atoms with E-state index in [0.29, 0.717) is 35.8 Å². The molecule has 0 saturated heterocycles. The van der Waals surface area contributed by atoms with Gasteiger partial charge < -0.3 is 24.1 Å². The molecule has 1 aromatic carbocycles. The van der Waals surface area contributed by atoms with Gasteiger partial charge in [0.2, 0.25) is 18.3 Å². The molecule has 0 aliphatic carbocycles. The number of methoxy groups -OCH3 is 2. The van der Waals surface area contributed by atoms with Crippen molar-refractivity contribution in [1.29, 1.82) is 0 Å². The van der Waals surface area contributed by atoms with Crippen LogP contribution in [-0.4, -0.2) is 32.2 Å². The number of hydrogen-bond acceptors (Lipinski definition) is 5. The third-order valence-corrected chi connectivity index (χ3v) is 2.89. The number of aryl methyl sites for hydroxylation is 1. The minimum absolute atomic E-state index is 0.189. The summed E-state index contributed by atoms with van der Waals surface area (Å²) in [6.07, 6.45) is 0.985. The molecule has 1 unspecified atom stereocenters. The Morgan fingerprint density at radius 2 is 2.00 bits per heavy atom. The molecule has 0 saturated carbocycles. The zero-order chi connectivity index (χ0) is 13.1. The number of fused-ring (bicyclic) bond motifs is 1. The molecule has 100 valence electrons. The molecule has 1 heterocycles. The van der Waals surface area contributed by atoms with Gasteiger partial charge in [0, 0.05) is 5.56 Å². The zero-order valence-corrected chi connectivity index (χ0v) is 10.9. The third-order valence-electron chi connectivity index (χ3n) is 2.89. The predicted molar refractivity (Wildman–Crippen MR) is 65.7 cm³/mol. The fourth-order valence-corrected chi connectivity index (χ4v) is 2.01. The van der Waals surface area contributed by atoms with E-state index in [4.69, 9.17) is 18.9 Å². The summed E-state index contributed by atoms with van der Waals surface area (Å²) in [6, 6.07) is 1.88. The Hall–Kier alpha value is -1.62. The lowest BCUT2D eigenvalue weighted by molar-refractivity contribution is 0.170. The molecule has 0 aromatic heterocycles. The summed E-state index contributed by atoms with van der Waals surface area (Å²) in [5.41, 5.74) is 0.944. The number of benzene rings is 1. The van der Waals surface area contributed by atoms with E-state index in [2.05, 4.69) is 0 Å². The minimum Gasteiger partial charge on any atom is -0.492 e. The van der Waals surface area contributed by atoms with Crippen LogP contribution in [0.4, 0.5) is 0 Å². The number of aliphatic hydroxyl groups excluding tert-OH is 1. The molecule has 0 radical (unpaired) electrons. The normalized spacial score (nSPS) is 14.4. The van der Waals surface area contributed by atoms with Crippen molar-refractivity contribution < 1.29 is 24.1 Å². The highest BCUT2D eigenvalue weighted by Gasteiger charge is 2.25. The smallest absolute Gasteiger partial charge is 0.231 e. The topological polar surface area (TPSA) is 57.2 Å².